The van der Waals surface area contributed by atoms with Crippen molar-refractivity contribution >= 4 is 32.4 Å². The highest BCUT2D eigenvalue weighted by atomic mass is 32.2. The number of aromatic amines is 1. The third kappa shape index (κ3) is 3.41. The first-order chi connectivity index (χ1) is 13.9. The van der Waals surface area contributed by atoms with E-state index in [4.69, 9.17) is 5.73 Å². The lowest BCUT2D eigenvalue weighted by molar-refractivity contribution is 0.590. The van der Waals surface area contributed by atoms with E-state index in [-0.39, 0.29) is 39.6 Å². The van der Waals surface area contributed by atoms with Crippen LogP contribution in [0.15, 0.2) is 46.3 Å². The van der Waals surface area contributed by atoms with Crippen molar-refractivity contribution in [2.45, 2.75) is 9.79 Å². The Labute approximate surface area is 169 Å². The second kappa shape index (κ2) is 7.39. The number of sulfone groups is 1. The van der Waals surface area contributed by atoms with E-state index in [1.807, 2.05) is 31.4 Å². The molecule has 0 aliphatic rings. The van der Waals surface area contributed by atoms with Crippen molar-refractivity contribution in [3.8, 4) is 22.5 Å². The van der Waals surface area contributed by atoms with Crippen molar-refractivity contribution in [1.29, 1.82) is 0 Å². The largest absolute Gasteiger partial charge is 0.507 e. The van der Waals surface area contributed by atoms with Crippen LogP contribution in [0.1, 0.15) is 0 Å². The molecule has 0 fully saturated rings. The van der Waals surface area contributed by atoms with Gasteiger partial charge >= 0.3 is 16.6 Å². The number of hydrogen-bond donors (Lipinski definition) is 2. The molecule has 0 atom stereocenters. The van der Waals surface area contributed by atoms with Crippen molar-refractivity contribution in [1.82, 2.24) is 30.4 Å². The zero-order chi connectivity index (χ0) is 20.6. The SMILES string of the molecule is Cn1cc2ccc(-c3ccc(S(=O)(=O)CCN)c([S+]=O)c3-c3nnn[nH]3)cc2n1. The smallest absolute Gasteiger partial charge is 0.329 e. The van der Waals surface area contributed by atoms with Gasteiger partial charge in [-0.3, -0.25) is 4.68 Å². The molecule has 0 radical (unpaired) electrons. The molecule has 0 aliphatic heterocycles. The molecule has 12 heteroatoms. The van der Waals surface area contributed by atoms with E-state index >= 15 is 0 Å². The molecule has 2 heterocycles. The lowest BCUT2D eigenvalue weighted by Gasteiger charge is -2.09. The summed E-state index contributed by atoms with van der Waals surface area (Å²) in [5.41, 5.74) is 7.89. The Hall–Kier alpha value is -3.09. The van der Waals surface area contributed by atoms with Crippen LogP contribution in [0.25, 0.3) is 33.4 Å². The van der Waals surface area contributed by atoms with Crippen molar-refractivity contribution in [3.05, 3.63) is 36.5 Å². The van der Waals surface area contributed by atoms with E-state index < -0.39 is 9.84 Å². The van der Waals surface area contributed by atoms with Gasteiger partial charge in [0.2, 0.25) is 0 Å². The summed E-state index contributed by atoms with van der Waals surface area (Å²) in [7, 11) is -1.91. The minimum Gasteiger partial charge on any atom is -0.329 e. The number of tetrazole rings is 1. The molecular formula is C17H16N7O3S2+. The molecule has 0 unspecified atom stereocenters. The molecule has 4 rings (SSSR count). The monoisotopic (exact) mass is 430 g/mol. The molecule has 10 nitrogen and oxygen atoms in total. The predicted octanol–water partition coefficient (Wildman–Crippen LogP) is 0.940. The van der Waals surface area contributed by atoms with Crippen LogP contribution in [0, 0.1) is 0 Å². The molecule has 0 saturated carbocycles. The van der Waals surface area contributed by atoms with Gasteiger partial charge in [-0.15, -0.1) is 5.10 Å². The molecule has 4 aromatic rings. The number of nitrogens with one attached hydrogen (secondary N) is 1. The Bertz CT molecular complexity index is 1310. The molecule has 0 saturated heterocycles. The van der Waals surface area contributed by atoms with Gasteiger partial charge in [0.25, 0.3) is 0 Å². The van der Waals surface area contributed by atoms with Crippen molar-refractivity contribution in [3.63, 3.8) is 0 Å². The summed E-state index contributed by atoms with van der Waals surface area (Å²) in [4.78, 5) is -0.0624. The Morgan fingerprint density at radius 1 is 1.24 bits per heavy atom. The number of fused-ring (bicyclic) bond motifs is 1. The van der Waals surface area contributed by atoms with Crippen molar-refractivity contribution in [2.75, 3.05) is 12.3 Å². The van der Waals surface area contributed by atoms with Gasteiger partial charge < -0.3 is 5.73 Å². The molecular weight excluding hydrogens is 414 g/mol. The predicted molar refractivity (Wildman–Crippen MR) is 107 cm³/mol. The van der Waals surface area contributed by atoms with Gasteiger partial charge in [0.1, 0.15) is 10.5 Å². The highest BCUT2D eigenvalue weighted by Gasteiger charge is 2.33. The maximum absolute atomic E-state index is 12.7. The average Bonchev–Trinajstić information content (AvgIpc) is 3.34. The van der Waals surface area contributed by atoms with E-state index in [9.17, 15) is 12.6 Å². The highest BCUT2D eigenvalue weighted by Crippen LogP contribution is 2.37. The summed E-state index contributed by atoms with van der Waals surface area (Å²) in [6.07, 6.45) is 1.89. The molecule has 148 valence electrons. The number of nitrogens with zero attached hydrogens (tertiary/aromatic N) is 5. The van der Waals surface area contributed by atoms with Gasteiger partial charge in [-0.25, -0.2) is 13.5 Å². The lowest BCUT2D eigenvalue weighted by atomic mass is 9.98. The summed E-state index contributed by atoms with van der Waals surface area (Å²) >= 11 is 0.0843. The van der Waals surface area contributed by atoms with Crippen LogP contribution in [0.2, 0.25) is 0 Å². The third-order valence-corrected chi connectivity index (χ3v) is 6.94. The quantitative estimate of drug-likeness (QED) is 0.429. The number of nitrogens with two attached hydrogens (primary N) is 1. The number of rotatable bonds is 6. The topological polar surface area (TPSA) is 150 Å². The summed E-state index contributed by atoms with van der Waals surface area (Å²) in [5.74, 6) is -0.0715. The second-order valence-electron chi connectivity index (χ2n) is 6.33. The van der Waals surface area contributed by atoms with E-state index in [1.165, 1.54) is 6.07 Å². The number of H-pyrrole nitrogens is 1. The van der Waals surface area contributed by atoms with Gasteiger partial charge in [-0.1, -0.05) is 18.2 Å². The molecule has 29 heavy (non-hydrogen) atoms. The molecule has 0 spiro atoms. The van der Waals surface area contributed by atoms with Crippen LogP contribution >= 0.6 is 0 Å². The third-order valence-electron chi connectivity index (χ3n) is 4.44. The van der Waals surface area contributed by atoms with E-state index in [0.29, 0.717) is 11.1 Å². The molecule has 3 N–H and O–H groups in total. The minimum absolute atomic E-state index is 0.0237. The van der Waals surface area contributed by atoms with Crippen molar-refractivity contribution < 1.29 is 12.6 Å². The Morgan fingerprint density at radius 2 is 2.07 bits per heavy atom. The molecule has 0 bridgehead atoms. The summed E-state index contributed by atoms with van der Waals surface area (Å²) in [5, 5.41) is 19.0. The number of benzene rings is 2. The number of hydrogen-bond acceptors (Lipinski definition) is 8. The first kappa shape index (κ1) is 19.2. The summed E-state index contributed by atoms with van der Waals surface area (Å²) in [6, 6.07) is 8.72. The average molecular weight is 430 g/mol. The maximum atomic E-state index is 12.7. The molecule has 2 aromatic carbocycles. The number of aryl methyl sites for hydroxylation is 1. The van der Waals surface area contributed by atoms with Crippen LogP contribution < -0.4 is 5.73 Å². The van der Waals surface area contributed by atoms with E-state index in [0.717, 1.165) is 16.5 Å². The maximum Gasteiger partial charge on any atom is 0.507 e. The Kier molecular flexibility index (Phi) is 4.90. The first-order valence-corrected chi connectivity index (χ1v) is 10.9. The van der Waals surface area contributed by atoms with Gasteiger partial charge in [-0.2, -0.15) is 5.10 Å². The summed E-state index contributed by atoms with van der Waals surface area (Å²) < 4.78 is 39.1. The fourth-order valence-corrected chi connectivity index (χ4v) is 5.32. The molecule has 0 amide bonds. The fraction of sp³-hybridized carbons (Fsp3) is 0.176. The minimum atomic E-state index is -3.74. The van der Waals surface area contributed by atoms with Crippen LogP contribution in [0.4, 0.5) is 0 Å². The van der Waals surface area contributed by atoms with E-state index in [2.05, 4.69) is 25.7 Å². The Balaban J connectivity index is 2.02. The van der Waals surface area contributed by atoms with Crippen LogP contribution in [-0.4, -0.2) is 51.1 Å². The Morgan fingerprint density at radius 3 is 2.76 bits per heavy atom. The zero-order valence-electron chi connectivity index (χ0n) is 15.2. The van der Waals surface area contributed by atoms with Gasteiger partial charge in [0.05, 0.1) is 11.3 Å². The van der Waals surface area contributed by atoms with Crippen LogP contribution in [0.5, 0.6) is 0 Å². The molecule has 2 aromatic heterocycles. The summed E-state index contributed by atoms with van der Waals surface area (Å²) in [6.45, 7) is -0.0530. The van der Waals surface area contributed by atoms with Gasteiger partial charge in [-0.05, 0) is 33.7 Å². The van der Waals surface area contributed by atoms with Crippen LogP contribution in [0.3, 0.4) is 0 Å². The normalized spacial score (nSPS) is 11.8. The fourth-order valence-electron chi connectivity index (χ4n) is 3.20. The second-order valence-corrected chi connectivity index (χ2v) is 8.98. The van der Waals surface area contributed by atoms with Gasteiger partial charge in [0, 0.05) is 29.4 Å². The van der Waals surface area contributed by atoms with Gasteiger partial charge in [0.15, 0.2) is 15.7 Å². The van der Waals surface area contributed by atoms with E-state index in [1.54, 1.807) is 10.7 Å². The zero-order valence-corrected chi connectivity index (χ0v) is 16.9. The highest BCUT2D eigenvalue weighted by molar-refractivity contribution is 7.91. The van der Waals surface area contributed by atoms with Crippen molar-refractivity contribution in [2.24, 2.45) is 12.8 Å². The molecule has 0 aliphatic carbocycles. The standard InChI is InChI=1S/C17H16N7O3S2/c1-24-9-11-3-2-10(8-13(11)21-24)12-4-5-14(29(26,27)7-6-18)16(28-25)15(12)17-19-22-23-20-17/h2-5,8-9H,6-7,18H2,1H3,(H,19,20,22,23)/q+1. The first-order valence-electron chi connectivity index (χ1n) is 8.52. The lowest BCUT2D eigenvalue weighted by Crippen LogP contribution is -2.17. The van der Waals surface area contributed by atoms with Crippen LogP contribution in [-0.2, 0) is 32.8 Å². The number of aromatic nitrogens is 6.